The summed E-state index contributed by atoms with van der Waals surface area (Å²) in [6.07, 6.45) is -1.77. The van der Waals surface area contributed by atoms with Crippen molar-refractivity contribution in [1.29, 1.82) is 0 Å². The molecule has 1 aromatic carbocycles. The summed E-state index contributed by atoms with van der Waals surface area (Å²) in [5.74, 6) is -1.20. The van der Waals surface area contributed by atoms with Gasteiger partial charge in [0.15, 0.2) is 5.65 Å². The lowest BCUT2D eigenvalue weighted by Gasteiger charge is -2.07. The van der Waals surface area contributed by atoms with Crippen LogP contribution in [0.2, 0.25) is 0 Å². The lowest BCUT2D eigenvalue weighted by atomic mass is 10.2. The topological polar surface area (TPSA) is 123 Å². The number of fused-ring (bicyclic) bond motifs is 1. The minimum Gasteiger partial charge on any atom is -0.506 e. The number of rotatable bonds is 4. The first-order valence-corrected chi connectivity index (χ1v) is 7.20. The minimum absolute atomic E-state index is 0.0947. The highest BCUT2D eigenvalue weighted by atomic mass is 19.3. The lowest BCUT2D eigenvalue weighted by molar-refractivity contribution is -0.384. The zero-order valence-electron chi connectivity index (χ0n) is 13.2. The number of aromatic hydroxyl groups is 1. The van der Waals surface area contributed by atoms with E-state index in [1.807, 2.05) is 0 Å². The molecular formula is C15H11F2N5O4. The Balaban J connectivity index is 2.02. The molecule has 2 aromatic heterocycles. The Labute approximate surface area is 144 Å². The van der Waals surface area contributed by atoms with Gasteiger partial charge in [-0.3, -0.25) is 14.9 Å². The molecular weight excluding hydrogens is 352 g/mol. The number of nitrogens with zero attached hydrogens (tertiary/aromatic N) is 4. The average molecular weight is 363 g/mol. The van der Waals surface area contributed by atoms with Crippen LogP contribution in [0, 0.1) is 17.0 Å². The molecule has 2 heterocycles. The maximum absolute atomic E-state index is 13.1. The number of carbonyl (C=O) groups is 1. The number of carbonyl (C=O) groups excluding carboxylic acids is 1. The smallest absolute Gasteiger partial charge is 0.280 e. The maximum Gasteiger partial charge on any atom is 0.280 e. The van der Waals surface area contributed by atoms with Gasteiger partial charge >= 0.3 is 0 Å². The van der Waals surface area contributed by atoms with Crippen LogP contribution >= 0.6 is 0 Å². The number of aryl methyl sites for hydroxylation is 1. The van der Waals surface area contributed by atoms with Crippen molar-refractivity contribution in [3.8, 4) is 5.75 Å². The fourth-order valence-electron chi connectivity index (χ4n) is 2.36. The molecule has 0 fully saturated rings. The van der Waals surface area contributed by atoms with Gasteiger partial charge in [0.25, 0.3) is 18.0 Å². The number of non-ortho nitro benzene ring substituents is 1. The van der Waals surface area contributed by atoms with Gasteiger partial charge in [0.2, 0.25) is 0 Å². The molecule has 2 N–H and O–H groups in total. The predicted octanol–water partition coefficient (Wildman–Crippen LogP) is 2.84. The zero-order valence-corrected chi connectivity index (χ0v) is 13.2. The lowest BCUT2D eigenvalue weighted by Crippen LogP contribution is -2.13. The normalized spacial score (nSPS) is 11.1. The van der Waals surface area contributed by atoms with E-state index in [2.05, 4.69) is 15.4 Å². The van der Waals surface area contributed by atoms with Crippen molar-refractivity contribution in [2.24, 2.45) is 0 Å². The highest BCUT2D eigenvalue weighted by Gasteiger charge is 2.21. The summed E-state index contributed by atoms with van der Waals surface area (Å²) < 4.78 is 27.1. The number of halogens is 2. The number of anilines is 1. The van der Waals surface area contributed by atoms with Crippen molar-refractivity contribution in [1.82, 2.24) is 14.6 Å². The molecule has 0 atom stereocenters. The van der Waals surface area contributed by atoms with Gasteiger partial charge < -0.3 is 10.4 Å². The van der Waals surface area contributed by atoms with Crippen molar-refractivity contribution in [2.45, 2.75) is 13.3 Å². The van der Waals surface area contributed by atoms with Crippen LogP contribution in [0.5, 0.6) is 5.75 Å². The number of alkyl halides is 2. The molecule has 26 heavy (non-hydrogen) atoms. The molecule has 0 bridgehead atoms. The van der Waals surface area contributed by atoms with Crippen molar-refractivity contribution in [3.05, 3.63) is 57.5 Å². The Morgan fingerprint density at radius 3 is 2.77 bits per heavy atom. The number of nitro groups is 1. The van der Waals surface area contributed by atoms with E-state index in [0.29, 0.717) is 0 Å². The monoisotopic (exact) mass is 363 g/mol. The first-order chi connectivity index (χ1) is 12.3. The number of phenols is 1. The molecule has 9 nitrogen and oxygen atoms in total. The molecule has 0 aliphatic rings. The summed E-state index contributed by atoms with van der Waals surface area (Å²) in [6.45, 7) is 1.49. The van der Waals surface area contributed by atoms with Gasteiger partial charge in [-0.15, -0.1) is 0 Å². The van der Waals surface area contributed by atoms with Gasteiger partial charge in [-0.05, 0) is 19.1 Å². The van der Waals surface area contributed by atoms with Gasteiger partial charge in [-0.25, -0.2) is 18.3 Å². The molecule has 0 radical (unpaired) electrons. The Kier molecular flexibility index (Phi) is 4.20. The number of nitro benzene ring substituents is 1. The fraction of sp³-hybridized carbons (Fsp3) is 0.133. The molecule has 0 aliphatic heterocycles. The second kappa shape index (κ2) is 6.35. The van der Waals surface area contributed by atoms with E-state index in [4.69, 9.17) is 0 Å². The first kappa shape index (κ1) is 17.2. The maximum atomic E-state index is 13.1. The third kappa shape index (κ3) is 3.01. The van der Waals surface area contributed by atoms with Crippen LogP contribution in [-0.2, 0) is 0 Å². The number of hydrogen-bond acceptors (Lipinski definition) is 6. The molecule has 0 saturated heterocycles. The molecule has 3 rings (SSSR count). The van der Waals surface area contributed by atoms with Crippen molar-refractivity contribution in [2.75, 3.05) is 5.32 Å². The van der Waals surface area contributed by atoms with Gasteiger partial charge in [0.1, 0.15) is 17.0 Å². The number of nitrogens with one attached hydrogen (secondary N) is 1. The quantitative estimate of drug-likeness (QED) is 0.417. The van der Waals surface area contributed by atoms with Gasteiger partial charge in [0.05, 0.1) is 16.8 Å². The number of hydrogen-bond donors (Lipinski definition) is 2. The van der Waals surface area contributed by atoms with E-state index in [1.165, 1.54) is 6.92 Å². The summed E-state index contributed by atoms with van der Waals surface area (Å²) in [5, 5.41) is 26.6. The fourth-order valence-corrected chi connectivity index (χ4v) is 2.36. The second-order valence-electron chi connectivity index (χ2n) is 5.33. The third-order valence-electron chi connectivity index (χ3n) is 3.53. The molecule has 0 unspecified atom stereocenters. The van der Waals surface area contributed by atoms with Gasteiger partial charge in [-0.2, -0.15) is 5.10 Å². The first-order valence-electron chi connectivity index (χ1n) is 7.20. The summed E-state index contributed by atoms with van der Waals surface area (Å²) >= 11 is 0. The van der Waals surface area contributed by atoms with E-state index < -0.39 is 28.7 Å². The minimum atomic E-state index is -2.82. The summed E-state index contributed by atoms with van der Waals surface area (Å²) in [6, 6.07) is 4.25. The van der Waals surface area contributed by atoms with E-state index >= 15 is 0 Å². The van der Waals surface area contributed by atoms with E-state index in [0.717, 1.165) is 35.0 Å². The molecule has 1 amide bonds. The van der Waals surface area contributed by atoms with Crippen LogP contribution < -0.4 is 5.32 Å². The Morgan fingerprint density at radius 1 is 1.38 bits per heavy atom. The van der Waals surface area contributed by atoms with Crippen LogP contribution in [0.15, 0.2) is 30.5 Å². The van der Waals surface area contributed by atoms with Crippen LogP contribution in [0.1, 0.15) is 28.2 Å². The van der Waals surface area contributed by atoms with Gasteiger partial charge in [-0.1, -0.05) is 0 Å². The molecule has 134 valence electrons. The van der Waals surface area contributed by atoms with Gasteiger partial charge in [0, 0.05) is 17.8 Å². The number of amides is 1. The summed E-state index contributed by atoms with van der Waals surface area (Å²) in [7, 11) is 0. The largest absolute Gasteiger partial charge is 0.506 e. The van der Waals surface area contributed by atoms with Crippen molar-refractivity contribution < 1.29 is 23.6 Å². The highest BCUT2D eigenvalue weighted by Crippen LogP contribution is 2.29. The van der Waals surface area contributed by atoms with E-state index in [9.17, 15) is 28.8 Å². The van der Waals surface area contributed by atoms with Crippen LogP contribution in [0.25, 0.3) is 5.65 Å². The molecule has 0 aliphatic carbocycles. The van der Waals surface area contributed by atoms with Crippen molar-refractivity contribution in [3.63, 3.8) is 0 Å². The Morgan fingerprint density at radius 2 is 2.12 bits per heavy atom. The molecule has 11 heteroatoms. The van der Waals surface area contributed by atoms with E-state index in [1.54, 1.807) is 0 Å². The number of benzene rings is 1. The van der Waals surface area contributed by atoms with Crippen LogP contribution in [0.3, 0.4) is 0 Å². The summed E-state index contributed by atoms with van der Waals surface area (Å²) in [5.41, 5.74) is -0.924. The van der Waals surface area contributed by atoms with Crippen LogP contribution in [-0.4, -0.2) is 30.5 Å². The SMILES string of the molecule is Cc1cc(C(F)F)n2ncc(C(=O)Nc3cc([N+](=O)[O-])ccc3O)c2n1. The third-order valence-corrected chi connectivity index (χ3v) is 3.53. The molecule has 0 spiro atoms. The average Bonchev–Trinajstić information content (AvgIpc) is 2.99. The molecule has 0 saturated carbocycles. The van der Waals surface area contributed by atoms with Crippen LogP contribution in [0.4, 0.5) is 20.2 Å². The second-order valence-corrected chi connectivity index (χ2v) is 5.33. The highest BCUT2D eigenvalue weighted by molar-refractivity contribution is 6.08. The Hall–Kier alpha value is -3.63. The van der Waals surface area contributed by atoms with E-state index in [-0.39, 0.29) is 28.3 Å². The predicted molar refractivity (Wildman–Crippen MR) is 85.4 cm³/mol. The summed E-state index contributed by atoms with van der Waals surface area (Å²) in [4.78, 5) is 26.6. The molecule has 3 aromatic rings. The number of aromatic nitrogens is 3. The standard InChI is InChI=1S/C15H11F2N5O4/c1-7-4-11(13(16)17)21-14(19-7)9(6-18-21)15(24)20-10-5-8(22(25)26)2-3-12(10)23/h2-6,13,23H,1H3,(H,20,24). The number of phenolic OH excluding ortho intramolecular Hbond substituents is 1. The zero-order chi connectivity index (χ0) is 19.0. The van der Waals surface area contributed by atoms with Crippen molar-refractivity contribution >= 4 is 22.9 Å². The Bertz CT molecular complexity index is 1030.